The van der Waals surface area contributed by atoms with E-state index in [1.165, 1.54) is 6.33 Å². The number of nitrogens with zero attached hydrogens (tertiary/aromatic N) is 3. The zero-order valence-corrected chi connectivity index (χ0v) is 11.1. The Morgan fingerprint density at radius 2 is 2.14 bits per heavy atom. The Hall–Kier alpha value is -3.16. The number of H-pyrrole nitrogens is 2. The Morgan fingerprint density at radius 3 is 2.90 bits per heavy atom. The van der Waals surface area contributed by atoms with Crippen LogP contribution in [0, 0.1) is 0 Å². The molecule has 0 aliphatic carbocycles. The number of benzene rings is 1. The van der Waals surface area contributed by atoms with Gasteiger partial charge >= 0.3 is 5.69 Å². The Balaban J connectivity index is 1.80. The second-order valence-corrected chi connectivity index (χ2v) is 4.16. The maximum Gasteiger partial charge on any atom is 0.348 e. The number of anilines is 1. The first-order valence-electron chi connectivity index (χ1n) is 6.13. The zero-order valence-electron chi connectivity index (χ0n) is 11.1. The SMILES string of the molecule is COc1ccc(C=NNc2nc(=O)[nH]c3[nH]cnc23)cc1. The third kappa shape index (κ3) is 2.73. The van der Waals surface area contributed by atoms with Gasteiger partial charge in [0.05, 0.1) is 19.7 Å². The lowest BCUT2D eigenvalue weighted by Crippen LogP contribution is -2.12. The van der Waals surface area contributed by atoms with Crippen molar-refractivity contribution in [3.63, 3.8) is 0 Å². The molecule has 0 radical (unpaired) electrons. The van der Waals surface area contributed by atoms with Crippen molar-refractivity contribution in [3.8, 4) is 5.75 Å². The van der Waals surface area contributed by atoms with Crippen molar-refractivity contribution in [3.05, 3.63) is 46.6 Å². The van der Waals surface area contributed by atoms with Crippen molar-refractivity contribution in [2.24, 2.45) is 5.10 Å². The fourth-order valence-electron chi connectivity index (χ4n) is 1.79. The summed E-state index contributed by atoms with van der Waals surface area (Å²) < 4.78 is 5.08. The molecule has 0 unspecified atom stereocenters. The highest BCUT2D eigenvalue weighted by Gasteiger charge is 2.05. The van der Waals surface area contributed by atoms with Gasteiger partial charge in [0, 0.05) is 0 Å². The van der Waals surface area contributed by atoms with Crippen LogP contribution in [0.3, 0.4) is 0 Å². The van der Waals surface area contributed by atoms with Gasteiger partial charge in [0.25, 0.3) is 0 Å². The number of aromatic amines is 2. The van der Waals surface area contributed by atoms with Crippen LogP contribution in [0.4, 0.5) is 5.82 Å². The van der Waals surface area contributed by atoms with Crippen molar-refractivity contribution in [1.82, 2.24) is 19.9 Å². The minimum Gasteiger partial charge on any atom is -0.497 e. The molecule has 0 fully saturated rings. The van der Waals surface area contributed by atoms with Crippen molar-refractivity contribution < 1.29 is 4.74 Å². The molecule has 0 amide bonds. The molecule has 0 spiro atoms. The lowest BCUT2D eigenvalue weighted by Gasteiger charge is -2.00. The molecule has 3 rings (SSSR count). The number of methoxy groups -OCH3 is 1. The van der Waals surface area contributed by atoms with Gasteiger partial charge in [-0.15, -0.1) is 0 Å². The lowest BCUT2D eigenvalue weighted by molar-refractivity contribution is 0.415. The smallest absolute Gasteiger partial charge is 0.348 e. The molecule has 21 heavy (non-hydrogen) atoms. The van der Waals surface area contributed by atoms with Gasteiger partial charge < -0.3 is 9.72 Å². The van der Waals surface area contributed by atoms with E-state index in [0.29, 0.717) is 17.0 Å². The van der Waals surface area contributed by atoms with Crippen LogP contribution in [0.25, 0.3) is 11.2 Å². The fourth-order valence-corrected chi connectivity index (χ4v) is 1.79. The van der Waals surface area contributed by atoms with E-state index in [1.54, 1.807) is 13.3 Å². The molecule has 106 valence electrons. The highest BCUT2D eigenvalue weighted by molar-refractivity contribution is 5.84. The summed E-state index contributed by atoms with van der Waals surface area (Å²) in [7, 11) is 1.61. The Kier molecular flexibility index (Phi) is 3.34. The van der Waals surface area contributed by atoms with Crippen LogP contribution < -0.4 is 15.9 Å². The average Bonchev–Trinajstić information content (AvgIpc) is 2.96. The van der Waals surface area contributed by atoms with E-state index < -0.39 is 5.69 Å². The molecule has 0 aliphatic heterocycles. The molecular formula is C13H12N6O2. The van der Waals surface area contributed by atoms with Crippen LogP contribution in [0.15, 0.2) is 40.5 Å². The Labute approximate surface area is 118 Å². The summed E-state index contributed by atoms with van der Waals surface area (Å²) in [5.41, 5.74) is 4.13. The predicted octanol–water partition coefficient (Wildman–Crippen LogP) is 1.10. The van der Waals surface area contributed by atoms with Crippen molar-refractivity contribution in [2.75, 3.05) is 12.5 Å². The second kappa shape index (κ2) is 5.45. The van der Waals surface area contributed by atoms with Crippen molar-refractivity contribution in [1.29, 1.82) is 0 Å². The summed E-state index contributed by atoms with van der Waals surface area (Å²) >= 11 is 0. The predicted molar refractivity (Wildman–Crippen MR) is 78.7 cm³/mol. The number of fused-ring (bicyclic) bond motifs is 1. The van der Waals surface area contributed by atoms with Crippen LogP contribution in [0.5, 0.6) is 5.75 Å². The average molecular weight is 284 g/mol. The van der Waals surface area contributed by atoms with Gasteiger partial charge in [0.15, 0.2) is 5.82 Å². The summed E-state index contributed by atoms with van der Waals surface area (Å²) in [5, 5.41) is 4.05. The summed E-state index contributed by atoms with van der Waals surface area (Å²) in [6, 6.07) is 7.39. The second-order valence-electron chi connectivity index (χ2n) is 4.16. The molecule has 3 N–H and O–H groups in total. The molecular weight excluding hydrogens is 272 g/mol. The van der Waals surface area contributed by atoms with Crippen molar-refractivity contribution >= 4 is 23.2 Å². The minimum atomic E-state index is -0.478. The topological polar surface area (TPSA) is 108 Å². The number of imidazole rings is 1. The quantitative estimate of drug-likeness (QED) is 0.491. The van der Waals surface area contributed by atoms with Gasteiger partial charge in [-0.2, -0.15) is 10.1 Å². The van der Waals surface area contributed by atoms with Gasteiger partial charge in [-0.3, -0.25) is 10.4 Å². The van der Waals surface area contributed by atoms with E-state index in [0.717, 1.165) is 11.3 Å². The van der Waals surface area contributed by atoms with Gasteiger partial charge in [-0.1, -0.05) is 0 Å². The normalized spacial score (nSPS) is 11.1. The number of aromatic nitrogens is 4. The van der Waals surface area contributed by atoms with E-state index in [1.807, 2.05) is 24.3 Å². The third-order valence-corrected chi connectivity index (χ3v) is 2.81. The molecule has 2 heterocycles. The van der Waals surface area contributed by atoms with E-state index in [2.05, 4.69) is 30.5 Å². The van der Waals surface area contributed by atoms with Crippen LogP contribution in [0.2, 0.25) is 0 Å². The Bertz CT molecular complexity index is 834. The van der Waals surface area contributed by atoms with E-state index in [4.69, 9.17) is 4.74 Å². The number of nitrogens with one attached hydrogen (secondary N) is 3. The molecule has 8 nitrogen and oxygen atoms in total. The molecule has 3 aromatic rings. The maximum atomic E-state index is 11.4. The monoisotopic (exact) mass is 284 g/mol. The number of hydrogen-bond acceptors (Lipinski definition) is 6. The molecule has 0 aliphatic rings. The van der Waals surface area contributed by atoms with Crippen LogP contribution >= 0.6 is 0 Å². The van der Waals surface area contributed by atoms with E-state index in [-0.39, 0.29) is 0 Å². The maximum absolute atomic E-state index is 11.4. The molecule has 0 saturated heterocycles. The van der Waals surface area contributed by atoms with Crippen molar-refractivity contribution in [2.45, 2.75) is 0 Å². The molecule has 0 bridgehead atoms. The molecule has 2 aromatic heterocycles. The van der Waals surface area contributed by atoms with Gasteiger partial charge in [0.2, 0.25) is 0 Å². The summed E-state index contributed by atoms with van der Waals surface area (Å²) in [4.78, 5) is 24.6. The van der Waals surface area contributed by atoms with Crippen LogP contribution in [-0.2, 0) is 0 Å². The van der Waals surface area contributed by atoms with Crippen LogP contribution in [0.1, 0.15) is 5.56 Å². The minimum absolute atomic E-state index is 0.291. The third-order valence-electron chi connectivity index (χ3n) is 2.81. The molecule has 0 saturated carbocycles. The van der Waals surface area contributed by atoms with Gasteiger partial charge in [0.1, 0.15) is 16.9 Å². The molecule has 8 heteroatoms. The first-order valence-corrected chi connectivity index (χ1v) is 6.13. The van der Waals surface area contributed by atoms with Crippen LogP contribution in [-0.4, -0.2) is 33.3 Å². The number of hydrogen-bond donors (Lipinski definition) is 3. The van der Waals surface area contributed by atoms with E-state index in [9.17, 15) is 4.79 Å². The summed E-state index contributed by atoms with van der Waals surface area (Å²) in [6.45, 7) is 0. The summed E-state index contributed by atoms with van der Waals surface area (Å²) in [6.07, 6.45) is 3.08. The summed E-state index contributed by atoms with van der Waals surface area (Å²) in [5.74, 6) is 1.06. The highest BCUT2D eigenvalue weighted by Crippen LogP contribution is 2.13. The zero-order chi connectivity index (χ0) is 14.7. The van der Waals surface area contributed by atoms with Gasteiger partial charge in [-0.25, -0.2) is 9.78 Å². The standard InChI is InChI=1S/C13H12N6O2/c1-21-9-4-2-8(3-5-9)6-16-19-12-10-11(15-7-14-10)17-13(20)18-12/h2-7H,1H3,(H3,14,15,17,18,19,20). The van der Waals surface area contributed by atoms with Gasteiger partial charge in [-0.05, 0) is 29.8 Å². The molecule has 0 atom stereocenters. The van der Waals surface area contributed by atoms with E-state index >= 15 is 0 Å². The number of rotatable bonds is 4. The number of ether oxygens (including phenoxy) is 1. The highest BCUT2D eigenvalue weighted by atomic mass is 16.5. The molecule has 1 aromatic carbocycles. The number of hydrazone groups is 1. The largest absolute Gasteiger partial charge is 0.497 e. The first-order chi connectivity index (χ1) is 10.3. The Morgan fingerprint density at radius 1 is 1.33 bits per heavy atom. The fraction of sp³-hybridized carbons (Fsp3) is 0.0769. The first kappa shape index (κ1) is 12.9. The lowest BCUT2D eigenvalue weighted by atomic mass is 10.2.